The number of rotatable bonds is 8. The van der Waals surface area contributed by atoms with Gasteiger partial charge in [-0.2, -0.15) is 0 Å². The number of nitrogens with zero attached hydrogens (tertiary/aromatic N) is 2. The van der Waals surface area contributed by atoms with E-state index in [2.05, 4.69) is 15.5 Å². The predicted molar refractivity (Wildman–Crippen MR) is 94.0 cm³/mol. The van der Waals surface area contributed by atoms with E-state index in [1.54, 1.807) is 25.5 Å². The Labute approximate surface area is 147 Å². The first-order chi connectivity index (χ1) is 11.8. The maximum absolute atomic E-state index is 12.3. The van der Waals surface area contributed by atoms with Crippen LogP contribution in [0.5, 0.6) is 5.75 Å². The molecule has 0 saturated carbocycles. The van der Waals surface area contributed by atoms with Gasteiger partial charge >= 0.3 is 0 Å². The molecule has 3 aromatic rings. The number of Topliss-reactive ketones (excluding diaryl/α,β-unsaturated/α-hetero) is 1. The summed E-state index contributed by atoms with van der Waals surface area (Å²) in [5, 5.41) is 12.0. The summed E-state index contributed by atoms with van der Waals surface area (Å²) in [6.07, 6.45) is 1.63. The van der Waals surface area contributed by atoms with Gasteiger partial charge in [0.05, 0.1) is 31.2 Å². The smallest absolute Gasteiger partial charge is 0.206 e. The number of thioether (sulfide) groups is 1. The molecule has 0 unspecified atom stereocenters. The number of furan rings is 1. The van der Waals surface area contributed by atoms with Gasteiger partial charge in [0.25, 0.3) is 0 Å². The first-order valence-corrected chi connectivity index (χ1v) is 8.95. The molecule has 0 aliphatic carbocycles. The third kappa shape index (κ3) is 4.15. The van der Waals surface area contributed by atoms with Crippen LogP contribution in [0.2, 0.25) is 0 Å². The first-order valence-electron chi connectivity index (χ1n) is 7.15. The van der Waals surface area contributed by atoms with Crippen molar-refractivity contribution in [2.24, 2.45) is 0 Å². The van der Waals surface area contributed by atoms with Crippen molar-refractivity contribution in [2.75, 3.05) is 18.2 Å². The molecule has 0 fully saturated rings. The number of benzene rings is 1. The number of hydrogen-bond donors (Lipinski definition) is 1. The van der Waals surface area contributed by atoms with E-state index in [1.165, 1.54) is 23.1 Å². The van der Waals surface area contributed by atoms with E-state index >= 15 is 0 Å². The predicted octanol–water partition coefficient (Wildman–Crippen LogP) is 3.73. The Bertz CT molecular complexity index is 803. The number of anilines is 1. The molecule has 0 bridgehead atoms. The Morgan fingerprint density at radius 1 is 1.29 bits per heavy atom. The number of carbonyl (C=O) groups is 1. The van der Waals surface area contributed by atoms with Crippen LogP contribution in [-0.2, 0) is 6.54 Å². The quantitative estimate of drug-likeness (QED) is 0.484. The monoisotopic (exact) mass is 361 g/mol. The second kappa shape index (κ2) is 7.98. The molecular weight excluding hydrogens is 346 g/mol. The van der Waals surface area contributed by atoms with Crippen LogP contribution in [0.15, 0.2) is 51.4 Å². The van der Waals surface area contributed by atoms with Crippen LogP contribution in [0.25, 0.3) is 0 Å². The highest BCUT2D eigenvalue weighted by atomic mass is 32.2. The molecule has 0 amide bonds. The van der Waals surface area contributed by atoms with Gasteiger partial charge in [0, 0.05) is 0 Å². The van der Waals surface area contributed by atoms with Crippen LogP contribution in [0.1, 0.15) is 16.1 Å². The fourth-order valence-corrected chi connectivity index (χ4v) is 3.63. The van der Waals surface area contributed by atoms with Gasteiger partial charge in [0.2, 0.25) is 5.13 Å². The summed E-state index contributed by atoms with van der Waals surface area (Å²) in [4.78, 5) is 12.3. The molecule has 3 rings (SSSR count). The standard InChI is InChI=1S/C16H15N3O3S2/c1-21-14-7-3-2-6-12(14)13(20)10-23-16-19-18-15(24-16)17-9-11-5-4-8-22-11/h2-8H,9-10H2,1H3,(H,17,18). The van der Waals surface area contributed by atoms with E-state index in [-0.39, 0.29) is 11.5 Å². The lowest BCUT2D eigenvalue weighted by atomic mass is 10.1. The van der Waals surface area contributed by atoms with Crippen molar-refractivity contribution in [1.82, 2.24) is 10.2 Å². The molecule has 1 N–H and O–H groups in total. The van der Waals surface area contributed by atoms with Gasteiger partial charge in [-0.3, -0.25) is 4.79 Å². The molecule has 0 aliphatic heterocycles. The maximum Gasteiger partial charge on any atom is 0.206 e. The molecule has 2 aromatic heterocycles. The van der Waals surface area contributed by atoms with Crippen molar-refractivity contribution in [1.29, 1.82) is 0 Å². The largest absolute Gasteiger partial charge is 0.496 e. The molecule has 8 heteroatoms. The van der Waals surface area contributed by atoms with Gasteiger partial charge in [-0.25, -0.2) is 0 Å². The number of carbonyl (C=O) groups excluding carboxylic acids is 1. The summed E-state index contributed by atoms with van der Waals surface area (Å²) in [5.74, 6) is 1.69. The van der Waals surface area contributed by atoms with Crippen molar-refractivity contribution in [3.63, 3.8) is 0 Å². The zero-order valence-electron chi connectivity index (χ0n) is 12.9. The molecule has 0 spiro atoms. The van der Waals surface area contributed by atoms with E-state index in [0.29, 0.717) is 23.0 Å². The Kier molecular flexibility index (Phi) is 5.50. The highest BCUT2D eigenvalue weighted by Gasteiger charge is 2.13. The van der Waals surface area contributed by atoms with Crippen molar-refractivity contribution in [3.8, 4) is 5.75 Å². The molecule has 24 heavy (non-hydrogen) atoms. The van der Waals surface area contributed by atoms with Crippen molar-refractivity contribution >= 4 is 34.0 Å². The minimum Gasteiger partial charge on any atom is -0.496 e. The minimum absolute atomic E-state index is 0.00209. The van der Waals surface area contributed by atoms with Gasteiger partial charge < -0.3 is 14.5 Å². The fourth-order valence-electron chi connectivity index (χ4n) is 2.00. The van der Waals surface area contributed by atoms with E-state index < -0.39 is 0 Å². The van der Waals surface area contributed by atoms with Crippen LogP contribution in [0.4, 0.5) is 5.13 Å². The third-order valence-electron chi connectivity index (χ3n) is 3.13. The number of ketones is 1. The maximum atomic E-state index is 12.3. The van der Waals surface area contributed by atoms with Crippen molar-refractivity contribution < 1.29 is 13.9 Å². The van der Waals surface area contributed by atoms with Crippen LogP contribution < -0.4 is 10.1 Å². The zero-order chi connectivity index (χ0) is 16.8. The number of hydrogen-bond acceptors (Lipinski definition) is 8. The zero-order valence-corrected chi connectivity index (χ0v) is 14.5. The van der Waals surface area contributed by atoms with E-state index in [0.717, 1.165) is 10.1 Å². The van der Waals surface area contributed by atoms with Crippen LogP contribution >= 0.6 is 23.1 Å². The third-order valence-corrected chi connectivity index (χ3v) is 5.15. The average molecular weight is 361 g/mol. The number of aromatic nitrogens is 2. The number of nitrogens with one attached hydrogen (secondary N) is 1. The summed E-state index contributed by atoms with van der Waals surface area (Å²) in [5.41, 5.74) is 0.577. The van der Waals surface area contributed by atoms with Gasteiger partial charge in [-0.05, 0) is 24.3 Å². The molecule has 0 radical (unpaired) electrons. The van der Waals surface area contributed by atoms with Crippen LogP contribution in [-0.4, -0.2) is 28.8 Å². The lowest BCUT2D eigenvalue weighted by molar-refractivity contribution is 0.101. The summed E-state index contributed by atoms with van der Waals surface area (Å²) >= 11 is 2.77. The molecule has 6 nitrogen and oxygen atoms in total. The topological polar surface area (TPSA) is 77.2 Å². The summed E-state index contributed by atoms with van der Waals surface area (Å²) < 4.78 is 11.2. The highest BCUT2D eigenvalue weighted by Crippen LogP contribution is 2.27. The normalized spacial score (nSPS) is 10.5. The number of methoxy groups -OCH3 is 1. The molecule has 0 saturated heterocycles. The summed E-state index contributed by atoms with van der Waals surface area (Å²) in [7, 11) is 1.56. The molecular formula is C16H15N3O3S2. The molecule has 1 aromatic carbocycles. The lowest BCUT2D eigenvalue weighted by Crippen LogP contribution is -2.04. The van der Waals surface area contributed by atoms with Crippen LogP contribution in [0.3, 0.4) is 0 Å². The molecule has 0 atom stereocenters. The van der Waals surface area contributed by atoms with Crippen LogP contribution in [0, 0.1) is 0 Å². The summed E-state index contributed by atoms with van der Waals surface area (Å²) in [6.45, 7) is 0.548. The van der Waals surface area contributed by atoms with Gasteiger partial charge in [0.1, 0.15) is 11.5 Å². The Morgan fingerprint density at radius 2 is 2.17 bits per heavy atom. The van der Waals surface area contributed by atoms with Gasteiger partial charge in [-0.1, -0.05) is 35.2 Å². The summed E-state index contributed by atoms with van der Waals surface area (Å²) in [6, 6.07) is 10.9. The minimum atomic E-state index is -0.00209. The second-order valence-corrected chi connectivity index (χ2v) is 6.92. The molecule has 124 valence electrons. The van der Waals surface area contributed by atoms with E-state index in [1.807, 2.05) is 24.3 Å². The Morgan fingerprint density at radius 3 is 2.96 bits per heavy atom. The van der Waals surface area contributed by atoms with Crippen molar-refractivity contribution in [3.05, 3.63) is 54.0 Å². The van der Waals surface area contributed by atoms with Gasteiger partial charge in [0.15, 0.2) is 10.1 Å². The lowest BCUT2D eigenvalue weighted by Gasteiger charge is -2.05. The SMILES string of the molecule is COc1ccccc1C(=O)CSc1nnc(NCc2ccco2)s1. The van der Waals surface area contributed by atoms with E-state index in [4.69, 9.17) is 9.15 Å². The van der Waals surface area contributed by atoms with Crippen molar-refractivity contribution in [2.45, 2.75) is 10.9 Å². The van der Waals surface area contributed by atoms with Gasteiger partial charge in [-0.15, -0.1) is 10.2 Å². The Hall–Kier alpha value is -2.32. The fraction of sp³-hybridized carbons (Fsp3) is 0.188. The Balaban J connectivity index is 1.54. The molecule has 0 aliphatic rings. The van der Waals surface area contributed by atoms with E-state index in [9.17, 15) is 4.79 Å². The molecule has 2 heterocycles. The first kappa shape index (κ1) is 16.5. The number of para-hydroxylation sites is 1. The highest BCUT2D eigenvalue weighted by molar-refractivity contribution is 8.01. The number of ether oxygens (including phenoxy) is 1. The second-order valence-electron chi connectivity index (χ2n) is 4.72. The average Bonchev–Trinajstić information content (AvgIpc) is 3.29.